The van der Waals surface area contributed by atoms with Crippen LogP contribution in [0.5, 0.6) is 17.4 Å². The van der Waals surface area contributed by atoms with Crippen molar-refractivity contribution in [1.29, 1.82) is 0 Å². The van der Waals surface area contributed by atoms with E-state index in [-0.39, 0.29) is 0 Å². The number of methoxy groups -OCH3 is 3. The third kappa shape index (κ3) is 1.24. The number of rotatable bonds is 3. The Hall–Kier alpha value is -1.32. The molecule has 0 saturated carbocycles. The van der Waals surface area contributed by atoms with Gasteiger partial charge in [-0.2, -0.15) is 0 Å². The summed E-state index contributed by atoms with van der Waals surface area (Å²) in [6.07, 6.45) is 1.43. The number of hydrogen-bond acceptors (Lipinski definition) is 4. The summed E-state index contributed by atoms with van der Waals surface area (Å²) < 4.78 is 19.7. The molecule has 4 nitrogen and oxygen atoms in total. The lowest BCUT2D eigenvalue weighted by Crippen LogP contribution is -1.88. The van der Waals surface area contributed by atoms with E-state index in [2.05, 4.69) is 0 Å². The quantitative estimate of drug-likeness (QED) is 0.664. The van der Waals surface area contributed by atoms with Crippen molar-refractivity contribution in [3.8, 4) is 17.4 Å². The van der Waals surface area contributed by atoms with Gasteiger partial charge in [-0.25, -0.2) is 0 Å². The Kier molecular flexibility index (Phi) is 2.25. The van der Waals surface area contributed by atoms with Gasteiger partial charge in [0.05, 0.1) is 21.3 Å². The molecule has 0 amide bonds. The lowest BCUT2D eigenvalue weighted by molar-refractivity contribution is 0.278. The summed E-state index contributed by atoms with van der Waals surface area (Å²) in [7, 11) is 4.56. The van der Waals surface area contributed by atoms with E-state index >= 15 is 0 Å². The molecule has 0 unspecified atom stereocenters. The first-order valence-corrected chi connectivity index (χ1v) is 3.07. The van der Waals surface area contributed by atoms with E-state index < -0.39 is 0 Å². The van der Waals surface area contributed by atoms with Crippen molar-refractivity contribution < 1.29 is 18.6 Å². The molecule has 1 rings (SSSR count). The minimum absolute atomic E-state index is 0.323. The second-order valence-electron chi connectivity index (χ2n) is 1.83. The molecule has 1 heterocycles. The fourth-order valence-corrected chi connectivity index (χ4v) is 0.780. The number of hydrogen-bond donors (Lipinski definition) is 0. The zero-order valence-electron chi connectivity index (χ0n) is 6.71. The summed E-state index contributed by atoms with van der Waals surface area (Å²) in [5.74, 6) is 1.34. The van der Waals surface area contributed by atoms with Crippen LogP contribution in [0.4, 0.5) is 0 Å². The van der Waals surface area contributed by atoms with Crippen LogP contribution in [-0.2, 0) is 0 Å². The summed E-state index contributed by atoms with van der Waals surface area (Å²) in [6.45, 7) is 0. The van der Waals surface area contributed by atoms with Crippen LogP contribution < -0.4 is 14.2 Å². The molecule has 0 aromatic carbocycles. The molecule has 0 radical (unpaired) electrons. The maximum absolute atomic E-state index is 4.95. The lowest BCUT2D eigenvalue weighted by Gasteiger charge is -2.00. The molecule has 62 valence electrons. The Morgan fingerprint density at radius 3 is 2.27 bits per heavy atom. The van der Waals surface area contributed by atoms with Gasteiger partial charge in [0, 0.05) is 0 Å². The van der Waals surface area contributed by atoms with Crippen LogP contribution in [0.25, 0.3) is 0 Å². The Morgan fingerprint density at radius 1 is 1.09 bits per heavy atom. The average molecular weight is 158 g/mol. The standard InChI is InChI=1S/C7H10O4/c1-8-5-4-11-7(10-3)6(5)9-2/h4H,1-3H3. The first-order valence-electron chi connectivity index (χ1n) is 3.07. The van der Waals surface area contributed by atoms with Crippen LogP contribution in [0.1, 0.15) is 0 Å². The molecule has 0 saturated heterocycles. The van der Waals surface area contributed by atoms with Crippen molar-refractivity contribution in [1.82, 2.24) is 0 Å². The molecule has 0 aliphatic carbocycles. The zero-order valence-corrected chi connectivity index (χ0v) is 6.71. The Labute approximate surface area is 64.7 Å². The Morgan fingerprint density at radius 2 is 1.82 bits per heavy atom. The van der Waals surface area contributed by atoms with E-state index in [1.54, 1.807) is 0 Å². The largest absolute Gasteiger partial charge is 0.490 e. The molecular weight excluding hydrogens is 148 g/mol. The summed E-state index contributed by atoms with van der Waals surface area (Å²) >= 11 is 0. The molecule has 0 bridgehead atoms. The average Bonchev–Trinajstić information content (AvgIpc) is 2.45. The number of furan rings is 1. The molecule has 11 heavy (non-hydrogen) atoms. The van der Waals surface area contributed by atoms with Gasteiger partial charge in [0.2, 0.25) is 11.5 Å². The van der Waals surface area contributed by atoms with Crippen LogP contribution in [0.2, 0.25) is 0 Å². The van der Waals surface area contributed by atoms with E-state index in [9.17, 15) is 0 Å². The zero-order chi connectivity index (χ0) is 8.27. The first kappa shape index (κ1) is 7.78. The first-order chi connectivity index (χ1) is 5.33. The molecule has 0 atom stereocenters. The summed E-state index contributed by atoms with van der Waals surface area (Å²) in [5, 5.41) is 0. The maximum Gasteiger partial charge on any atom is 0.332 e. The van der Waals surface area contributed by atoms with Gasteiger partial charge < -0.3 is 18.6 Å². The van der Waals surface area contributed by atoms with Crippen LogP contribution in [0, 0.1) is 0 Å². The van der Waals surface area contributed by atoms with Gasteiger partial charge >= 0.3 is 5.95 Å². The fourth-order valence-electron chi connectivity index (χ4n) is 0.780. The molecular formula is C7H10O4. The van der Waals surface area contributed by atoms with Crippen molar-refractivity contribution in [2.24, 2.45) is 0 Å². The van der Waals surface area contributed by atoms with Gasteiger partial charge in [-0.05, 0) is 0 Å². The van der Waals surface area contributed by atoms with Crippen LogP contribution in [-0.4, -0.2) is 21.3 Å². The van der Waals surface area contributed by atoms with Crippen molar-refractivity contribution >= 4 is 0 Å². The van der Waals surface area contributed by atoms with Gasteiger partial charge in [0.15, 0.2) is 0 Å². The molecule has 0 aliphatic heterocycles. The molecule has 4 heteroatoms. The summed E-state index contributed by atoms with van der Waals surface area (Å²) in [5.41, 5.74) is 0. The molecule has 1 aromatic rings. The highest BCUT2D eigenvalue weighted by molar-refractivity contribution is 5.44. The predicted molar refractivity (Wildman–Crippen MR) is 38.4 cm³/mol. The lowest BCUT2D eigenvalue weighted by atomic mass is 10.5. The van der Waals surface area contributed by atoms with Crippen LogP contribution in [0.15, 0.2) is 10.7 Å². The van der Waals surface area contributed by atoms with Gasteiger partial charge in [-0.1, -0.05) is 0 Å². The van der Waals surface area contributed by atoms with Crippen molar-refractivity contribution in [3.05, 3.63) is 6.26 Å². The van der Waals surface area contributed by atoms with E-state index in [0.29, 0.717) is 17.4 Å². The van der Waals surface area contributed by atoms with E-state index in [1.165, 1.54) is 27.6 Å². The van der Waals surface area contributed by atoms with E-state index in [1.807, 2.05) is 0 Å². The van der Waals surface area contributed by atoms with Crippen molar-refractivity contribution in [2.45, 2.75) is 0 Å². The summed E-state index contributed by atoms with van der Waals surface area (Å²) in [6, 6.07) is 0. The highest BCUT2D eigenvalue weighted by atomic mass is 16.6. The van der Waals surface area contributed by atoms with Gasteiger partial charge in [-0.15, -0.1) is 0 Å². The molecule has 0 fully saturated rings. The Bertz CT molecular complexity index is 207. The SMILES string of the molecule is COc1coc(OC)c1OC. The van der Waals surface area contributed by atoms with Crippen molar-refractivity contribution in [2.75, 3.05) is 21.3 Å². The predicted octanol–water partition coefficient (Wildman–Crippen LogP) is 1.31. The molecule has 0 aliphatic rings. The molecule has 1 aromatic heterocycles. The second kappa shape index (κ2) is 3.18. The van der Waals surface area contributed by atoms with Gasteiger partial charge in [-0.3, -0.25) is 0 Å². The van der Waals surface area contributed by atoms with E-state index in [0.717, 1.165) is 0 Å². The van der Waals surface area contributed by atoms with Gasteiger partial charge in [0.25, 0.3) is 0 Å². The third-order valence-electron chi connectivity index (χ3n) is 1.29. The number of ether oxygens (including phenoxy) is 3. The third-order valence-corrected chi connectivity index (χ3v) is 1.29. The minimum Gasteiger partial charge on any atom is -0.490 e. The monoisotopic (exact) mass is 158 g/mol. The second-order valence-corrected chi connectivity index (χ2v) is 1.83. The van der Waals surface area contributed by atoms with Crippen molar-refractivity contribution in [3.63, 3.8) is 0 Å². The van der Waals surface area contributed by atoms with E-state index in [4.69, 9.17) is 18.6 Å². The fraction of sp³-hybridized carbons (Fsp3) is 0.429. The Balaban J connectivity index is 2.99. The van der Waals surface area contributed by atoms with Crippen LogP contribution >= 0.6 is 0 Å². The molecule has 0 spiro atoms. The minimum atomic E-state index is 0.323. The molecule has 0 N–H and O–H groups in total. The smallest absolute Gasteiger partial charge is 0.332 e. The van der Waals surface area contributed by atoms with Crippen LogP contribution in [0.3, 0.4) is 0 Å². The maximum atomic E-state index is 4.95. The highest BCUT2D eigenvalue weighted by Gasteiger charge is 2.14. The normalized spacial score (nSPS) is 9.36. The highest BCUT2D eigenvalue weighted by Crippen LogP contribution is 2.38. The topological polar surface area (TPSA) is 40.8 Å². The summed E-state index contributed by atoms with van der Waals surface area (Å²) in [4.78, 5) is 0. The van der Waals surface area contributed by atoms with Gasteiger partial charge in [0.1, 0.15) is 6.26 Å².